The summed E-state index contributed by atoms with van der Waals surface area (Å²) in [5.41, 5.74) is -10.6. The number of carboxylic acids is 1. The van der Waals surface area contributed by atoms with Crippen molar-refractivity contribution in [2.75, 3.05) is 0 Å². The molecular formula is C61H43F12NO6. The van der Waals surface area contributed by atoms with Crippen molar-refractivity contribution >= 4 is 55.7 Å². The number of rotatable bonds is 9. The summed E-state index contributed by atoms with van der Waals surface area (Å²) in [6, 6.07) is 17.2. The number of nitrogens with zero attached hydrogens (tertiary/aromatic N) is 1. The van der Waals surface area contributed by atoms with Gasteiger partial charge >= 0.3 is 30.7 Å². The Hall–Kier alpha value is -7.96. The highest BCUT2D eigenvalue weighted by atomic mass is 19.4. The average molecular weight is 1110 g/mol. The van der Waals surface area contributed by atoms with Gasteiger partial charge < -0.3 is 9.52 Å². The molecule has 0 bridgehead atoms. The Morgan fingerprint density at radius 1 is 0.525 bits per heavy atom. The van der Waals surface area contributed by atoms with E-state index < -0.39 is 114 Å². The molecule has 0 amide bonds. The van der Waals surface area contributed by atoms with E-state index in [1.54, 1.807) is 12.1 Å². The molecule has 0 saturated heterocycles. The van der Waals surface area contributed by atoms with E-state index in [0.717, 1.165) is 93.8 Å². The van der Waals surface area contributed by atoms with Crippen LogP contribution in [0.25, 0.3) is 71.4 Å². The summed E-state index contributed by atoms with van der Waals surface area (Å²) in [6.07, 6.45) is -11.8. The highest BCUT2D eigenvalue weighted by Crippen LogP contribution is 2.50. The number of halogens is 12. The molecule has 2 fully saturated rings. The number of alkyl halides is 12. The zero-order chi connectivity index (χ0) is 57.0. The standard InChI is InChI=1S/C61H43F12NO6/c62-58(63,64)36-19-33(20-37(25-36)59(65,66)67)44-27-46-52-47(28-45(54-53(52)51(44)41-13-7-8-14-49(41)80-54)34-21-38(60(68,69)70)26-39(22-34)61(71,72)73)56(77)74(55(46)76)40-17-15-32(16-18-40)50(57(78)79)35-23-42(30-9-3-1-4-10-30)48(29-75)43(24-35)31-11-5-2-6-12-31/h7-8,13-31,50H,1-6,9-12H2,(H,78,79). The van der Waals surface area contributed by atoms with Crippen molar-refractivity contribution in [3.8, 4) is 27.9 Å². The fraction of sp³-hybridized carbons (Fsp3) is 0.279. The molecule has 7 nitrogen and oxygen atoms in total. The van der Waals surface area contributed by atoms with Crippen LogP contribution in [0.5, 0.6) is 0 Å². The highest BCUT2D eigenvalue weighted by molar-refractivity contribution is 6.32. The van der Waals surface area contributed by atoms with Crippen LogP contribution in [0.1, 0.15) is 137 Å². The largest absolute Gasteiger partial charge is 0.481 e. The van der Waals surface area contributed by atoms with Crippen LogP contribution in [0.2, 0.25) is 0 Å². The van der Waals surface area contributed by atoms with Crippen LogP contribution in [0, 0.1) is 0 Å². The van der Waals surface area contributed by atoms with E-state index in [1.165, 1.54) is 48.5 Å². The van der Waals surface area contributed by atoms with E-state index in [2.05, 4.69) is 0 Å². The van der Waals surface area contributed by atoms with Crippen LogP contribution in [0.3, 0.4) is 0 Å². The van der Waals surface area contributed by atoms with Crippen LogP contribution in [-0.4, -0.2) is 21.9 Å². The summed E-state index contributed by atoms with van der Waals surface area (Å²) in [6.45, 7) is 0. The molecule has 2 heterocycles. The number of fused-ring (bicyclic) bond motifs is 2. The maximum Gasteiger partial charge on any atom is 0.416 e. The molecule has 0 spiro atoms. The van der Waals surface area contributed by atoms with Crippen molar-refractivity contribution in [3.63, 3.8) is 0 Å². The van der Waals surface area contributed by atoms with Crippen LogP contribution in [0.15, 0.2) is 123 Å². The van der Waals surface area contributed by atoms with Gasteiger partial charge in [0.05, 0.1) is 27.9 Å². The van der Waals surface area contributed by atoms with Gasteiger partial charge in [-0.3, -0.25) is 19.2 Å². The lowest BCUT2D eigenvalue weighted by molar-refractivity contribution is -0.144. The molecule has 1 atom stereocenters. The van der Waals surface area contributed by atoms with E-state index in [1.807, 2.05) is 0 Å². The third kappa shape index (κ3) is 9.54. The quantitative estimate of drug-likeness (QED) is 0.0668. The summed E-state index contributed by atoms with van der Waals surface area (Å²) in [5, 5.41) is 8.85. The van der Waals surface area contributed by atoms with E-state index in [-0.39, 0.29) is 57.0 Å². The second kappa shape index (κ2) is 19.7. The minimum Gasteiger partial charge on any atom is -0.481 e. The van der Waals surface area contributed by atoms with Crippen molar-refractivity contribution in [1.82, 2.24) is 4.57 Å². The maximum atomic E-state index is 15.2. The van der Waals surface area contributed by atoms with E-state index in [0.29, 0.717) is 40.0 Å². The number of carbonyl (C=O) groups is 2. The second-order valence-electron chi connectivity index (χ2n) is 20.8. The number of carbonyl (C=O) groups excluding carboxylic acids is 1. The predicted molar refractivity (Wildman–Crippen MR) is 276 cm³/mol. The van der Waals surface area contributed by atoms with Gasteiger partial charge in [-0.05, 0) is 143 Å². The Kier molecular flexibility index (Phi) is 13.3. The lowest BCUT2D eigenvalue weighted by atomic mass is 9.74. The molecule has 412 valence electrons. The van der Waals surface area contributed by atoms with Crippen molar-refractivity contribution in [3.05, 3.63) is 180 Å². The van der Waals surface area contributed by atoms with Crippen LogP contribution >= 0.6 is 0 Å². The summed E-state index contributed by atoms with van der Waals surface area (Å²) < 4.78 is 181. The van der Waals surface area contributed by atoms with E-state index >= 15 is 9.59 Å². The normalized spacial score (nSPS) is 15.8. The fourth-order valence-corrected chi connectivity index (χ4v) is 12.3. The Morgan fingerprint density at radius 2 is 0.975 bits per heavy atom. The van der Waals surface area contributed by atoms with Gasteiger partial charge in [-0.15, -0.1) is 0 Å². The first-order chi connectivity index (χ1) is 37.8. The summed E-state index contributed by atoms with van der Waals surface area (Å²) in [7, 11) is 0. The first-order valence-corrected chi connectivity index (χ1v) is 25.7. The monoisotopic (exact) mass is 1110 g/mol. The van der Waals surface area contributed by atoms with Crippen LogP contribution in [-0.2, 0) is 29.5 Å². The lowest BCUT2D eigenvalue weighted by Gasteiger charge is -2.30. The minimum absolute atomic E-state index is 0.00410. The average Bonchev–Trinajstić information content (AvgIpc) is 3.60. The van der Waals surface area contributed by atoms with E-state index in [4.69, 9.17) is 4.42 Å². The van der Waals surface area contributed by atoms with Gasteiger partial charge in [0.2, 0.25) is 0 Å². The molecule has 0 aliphatic heterocycles. The third-order valence-electron chi connectivity index (χ3n) is 15.9. The Morgan fingerprint density at radius 3 is 1.43 bits per heavy atom. The number of aromatic nitrogens is 1. The molecule has 2 saturated carbocycles. The fourth-order valence-electron chi connectivity index (χ4n) is 12.3. The molecule has 7 aromatic carbocycles. The molecule has 2 aliphatic rings. The number of pyridine rings is 1. The number of para-hydroxylation sites is 1. The zero-order valence-electron chi connectivity index (χ0n) is 41.7. The molecule has 1 N–H and O–H groups in total. The molecular weight excluding hydrogens is 1070 g/mol. The number of aldehydes is 1. The first kappa shape index (κ1) is 54.0. The van der Waals surface area contributed by atoms with Crippen LogP contribution < -0.4 is 11.1 Å². The number of hydrogen-bond donors (Lipinski definition) is 1. The third-order valence-corrected chi connectivity index (χ3v) is 15.9. The Bertz CT molecular complexity index is 3950. The zero-order valence-corrected chi connectivity index (χ0v) is 41.7. The van der Waals surface area contributed by atoms with Crippen LogP contribution in [0.4, 0.5) is 52.7 Å². The van der Waals surface area contributed by atoms with E-state index in [9.17, 15) is 67.4 Å². The summed E-state index contributed by atoms with van der Waals surface area (Å²) >= 11 is 0. The molecule has 2 aromatic heterocycles. The van der Waals surface area contributed by atoms with Gasteiger partial charge in [0, 0.05) is 43.4 Å². The molecule has 19 heteroatoms. The van der Waals surface area contributed by atoms with Crippen molar-refractivity contribution in [1.29, 1.82) is 0 Å². The number of hydrogen-bond acceptors (Lipinski definition) is 5. The number of carboxylic acid groups (broad SMARTS) is 1. The van der Waals surface area contributed by atoms with Gasteiger partial charge in [-0.2, -0.15) is 52.7 Å². The first-order valence-electron chi connectivity index (χ1n) is 25.7. The van der Waals surface area contributed by atoms with Gasteiger partial charge in [0.25, 0.3) is 11.1 Å². The minimum atomic E-state index is -5.39. The maximum absolute atomic E-state index is 15.2. The summed E-state index contributed by atoms with van der Waals surface area (Å²) in [5.74, 6) is -2.66. The van der Waals surface area contributed by atoms with Gasteiger partial charge in [0.15, 0.2) is 6.29 Å². The van der Waals surface area contributed by atoms with Gasteiger partial charge in [-0.1, -0.05) is 81.0 Å². The molecule has 11 rings (SSSR count). The molecule has 9 aromatic rings. The topological polar surface area (TPSA) is 107 Å². The molecule has 1 unspecified atom stereocenters. The smallest absolute Gasteiger partial charge is 0.416 e. The SMILES string of the molecule is O=Cc1c(C2CCCCC2)cc(C(C(=O)O)c2ccc(-n3c(=O)c4cc(-c5cc(C(F)(F)F)cc(C(F)(F)F)c5)c5oc6ccccc6c6c(-c7cc(C(F)(F)F)cc(C(F)(F)F)c7)cc(c3=O)c4c56)cc2)cc1C1CCCCC1. The van der Waals surface area contributed by atoms with Crippen molar-refractivity contribution in [2.24, 2.45) is 0 Å². The number of aliphatic carboxylic acids is 1. The van der Waals surface area contributed by atoms with Crippen molar-refractivity contribution in [2.45, 2.75) is 107 Å². The second-order valence-corrected chi connectivity index (χ2v) is 20.8. The van der Waals surface area contributed by atoms with Gasteiger partial charge in [0.1, 0.15) is 17.1 Å². The van der Waals surface area contributed by atoms with Gasteiger partial charge in [-0.25, -0.2) is 4.57 Å². The van der Waals surface area contributed by atoms with Crippen molar-refractivity contribution < 1.29 is 71.8 Å². The Balaban J connectivity index is 1.20. The molecule has 80 heavy (non-hydrogen) atoms. The molecule has 0 radical (unpaired) electrons. The summed E-state index contributed by atoms with van der Waals surface area (Å²) in [4.78, 5) is 56.8. The Labute approximate surface area is 445 Å². The molecule has 2 aliphatic carbocycles. The lowest BCUT2D eigenvalue weighted by Crippen LogP contribution is -2.32. The predicted octanol–water partition coefficient (Wildman–Crippen LogP) is 17.4. The number of benzene rings is 7. The highest BCUT2D eigenvalue weighted by Gasteiger charge is 2.40.